The second kappa shape index (κ2) is 1.99. The van der Waals surface area contributed by atoms with Gasteiger partial charge in [-0.25, -0.2) is 0 Å². The Labute approximate surface area is 82.1 Å². The van der Waals surface area contributed by atoms with Gasteiger partial charge in [-0.2, -0.15) is 0 Å². The van der Waals surface area contributed by atoms with E-state index in [9.17, 15) is 0 Å². The molecule has 3 aliphatic carbocycles. The quantitative estimate of drug-likeness (QED) is 0.604. The van der Waals surface area contributed by atoms with E-state index < -0.39 is 0 Å². The largest absolute Gasteiger partial charge is 0.0625 e. The molecule has 0 heteroatoms. The average molecular weight is 178 g/mol. The summed E-state index contributed by atoms with van der Waals surface area (Å²) in [5, 5.41) is 0. The van der Waals surface area contributed by atoms with Gasteiger partial charge < -0.3 is 0 Å². The minimum Gasteiger partial charge on any atom is -0.0625 e. The normalized spacial score (nSPS) is 63.0. The fourth-order valence-electron chi connectivity index (χ4n) is 4.31. The van der Waals surface area contributed by atoms with Crippen LogP contribution in [-0.2, 0) is 0 Å². The molecule has 0 bridgehead atoms. The molecule has 5 atom stereocenters. The highest BCUT2D eigenvalue weighted by Crippen LogP contribution is 2.84. The predicted octanol–water partition coefficient (Wildman–Crippen LogP) is 3.71. The first kappa shape index (κ1) is 8.32. The zero-order valence-corrected chi connectivity index (χ0v) is 9.43. The van der Waals surface area contributed by atoms with E-state index in [0.717, 1.165) is 34.5 Å². The molecule has 0 N–H and O–H groups in total. The van der Waals surface area contributed by atoms with Gasteiger partial charge in [-0.1, -0.05) is 27.7 Å². The SMILES string of the molecule is CC(C)C1CC1(C)C1CC12CC2C. The van der Waals surface area contributed by atoms with Crippen molar-refractivity contribution in [3.8, 4) is 0 Å². The Bertz CT molecular complexity index is 255. The molecule has 0 aromatic heterocycles. The van der Waals surface area contributed by atoms with Crippen LogP contribution in [0.4, 0.5) is 0 Å². The third-order valence-electron chi connectivity index (χ3n) is 5.57. The van der Waals surface area contributed by atoms with Gasteiger partial charge in [0.2, 0.25) is 0 Å². The van der Waals surface area contributed by atoms with Crippen LogP contribution in [0.3, 0.4) is 0 Å². The van der Waals surface area contributed by atoms with E-state index in [0.29, 0.717) is 0 Å². The Morgan fingerprint density at radius 2 is 1.77 bits per heavy atom. The van der Waals surface area contributed by atoms with Gasteiger partial charge in [0.15, 0.2) is 0 Å². The van der Waals surface area contributed by atoms with Crippen LogP contribution in [0.1, 0.15) is 47.0 Å². The molecule has 0 radical (unpaired) electrons. The summed E-state index contributed by atoms with van der Waals surface area (Å²) in [7, 11) is 0. The van der Waals surface area contributed by atoms with Crippen LogP contribution in [0, 0.1) is 34.5 Å². The van der Waals surface area contributed by atoms with Crippen molar-refractivity contribution in [2.45, 2.75) is 47.0 Å². The zero-order chi connectivity index (χ0) is 9.43. The Kier molecular flexibility index (Phi) is 1.27. The molecule has 5 unspecified atom stereocenters. The van der Waals surface area contributed by atoms with Gasteiger partial charge in [0.25, 0.3) is 0 Å². The minimum absolute atomic E-state index is 0.777. The first-order valence-electron chi connectivity index (χ1n) is 6.01. The Hall–Kier alpha value is 0. The second-order valence-electron chi connectivity index (χ2n) is 6.66. The van der Waals surface area contributed by atoms with E-state index in [1.807, 2.05) is 0 Å². The Balaban J connectivity index is 1.70. The lowest BCUT2D eigenvalue weighted by Crippen LogP contribution is -2.07. The van der Waals surface area contributed by atoms with E-state index in [2.05, 4.69) is 27.7 Å². The van der Waals surface area contributed by atoms with E-state index in [1.54, 1.807) is 12.8 Å². The van der Waals surface area contributed by atoms with E-state index in [-0.39, 0.29) is 0 Å². The molecule has 0 amide bonds. The zero-order valence-electron chi connectivity index (χ0n) is 9.43. The van der Waals surface area contributed by atoms with Gasteiger partial charge in [0, 0.05) is 0 Å². The first-order chi connectivity index (χ1) is 6.01. The van der Waals surface area contributed by atoms with Crippen molar-refractivity contribution in [3.63, 3.8) is 0 Å². The van der Waals surface area contributed by atoms with Crippen molar-refractivity contribution in [2.24, 2.45) is 34.5 Å². The van der Waals surface area contributed by atoms with E-state index in [4.69, 9.17) is 0 Å². The lowest BCUT2D eigenvalue weighted by Gasteiger charge is -2.13. The molecule has 74 valence electrons. The first-order valence-corrected chi connectivity index (χ1v) is 6.01. The predicted molar refractivity (Wildman–Crippen MR) is 55.4 cm³/mol. The standard InChI is InChI=1S/C13H22/c1-8(2)10-6-12(10,4)11-7-13(11)5-9(13)3/h8-11H,5-7H2,1-4H3. The topological polar surface area (TPSA) is 0 Å². The average Bonchev–Trinajstić information content (AvgIpc) is 2.85. The molecular weight excluding hydrogens is 156 g/mol. The molecular formula is C13H22. The monoisotopic (exact) mass is 178 g/mol. The summed E-state index contributed by atoms with van der Waals surface area (Å²) >= 11 is 0. The third-order valence-corrected chi connectivity index (χ3v) is 5.57. The highest BCUT2D eigenvalue weighted by atomic mass is 14.8. The van der Waals surface area contributed by atoms with Crippen LogP contribution in [0.2, 0.25) is 0 Å². The Morgan fingerprint density at radius 1 is 1.15 bits per heavy atom. The van der Waals surface area contributed by atoms with Crippen LogP contribution in [0.5, 0.6) is 0 Å². The van der Waals surface area contributed by atoms with Crippen molar-refractivity contribution in [2.75, 3.05) is 0 Å². The molecule has 3 fully saturated rings. The molecule has 0 aliphatic heterocycles. The lowest BCUT2D eigenvalue weighted by molar-refractivity contribution is 0.353. The van der Waals surface area contributed by atoms with Crippen LogP contribution in [-0.4, -0.2) is 0 Å². The highest BCUT2D eigenvalue weighted by Gasteiger charge is 2.77. The van der Waals surface area contributed by atoms with E-state index in [1.165, 1.54) is 6.42 Å². The van der Waals surface area contributed by atoms with Crippen molar-refractivity contribution in [3.05, 3.63) is 0 Å². The van der Waals surface area contributed by atoms with Crippen molar-refractivity contribution < 1.29 is 0 Å². The maximum Gasteiger partial charge on any atom is -0.0232 e. The second-order valence-corrected chi connectivity index (χ2v) is 6.66. The van der Waals surface area contributed by atoms with Gasteiger partial charge in [0.1, 0.15) is 0 Å². The van der Waals surface area contributed by atoms with Crippen LogP contribution in [0.15, 0.2) is 0 Å². The molecule has 1 spiro atoms. The fourth-order valence-corrected chi connectivity index (χ4v) is 4.31. The van der Waals surface area contributed by atoms with Crippen LogP contribution < -0.4 is 0 Å². The van der Waals surface area contributed by atoms with Gasteiger partial charge >= 0.3 is 0 Å². The smallest absolute Gasteiger partial charge is 0.0232 e. The van der Waals surface area contributed by atoms with Crippen LogP contribution >= 0.6 is 0 Å². The maximum absolute atomic E-state index is 2.56. The summed E-state index contributed by atoms with van der Waals surface area (Å²) in [5.41, 5.74) is 1.66. The van der Waals surface area contributed by atoms with Gasteiger partial charge in [-0.3, -0.25) is 0 Å². The van der Waals surface area contributed by atoms with Crippen molar-refractivity contribution in [1.82, 2.24) is 0 Å². The third kappa shape index (κ3) is 0.877. The lowest BCUT2D eigenvalue weighted by atomic mass is 9.92. The van der Waals surface area contributed by atoms with Crippen molar-refractivity contribution in [1.29, 1.82) is 0 Å². The number of rotatable bonds is 2. The molecule has 0 saturated heterocycles. The summed E-state index contributed by atoms with van der Waals surface area (Å²) < 4.78 is 0. The number of hydrogen-bond donors (Lipinski definition) is 0. The summed E-state index contributed by atoms with van der Waals surface area (Å²) in [5.74, 6) is 4.19. The fraction of sp³-hybridized carbons (Fsp3) is 1.00. The molecule has 0 aromatic carbocycles. The van der Waals surface area contributed by atoms with Gasteiger partial charge in [-0.05, 0) is 53.8 Å². The molecule has 13 heavy (non-hydrogen) atoms. The molecule has 3 aliphatic rings. The highest BCUT2D eigenvalue weighted by molar-refractivity contribution is 5.25. The molecule has 3 rings (SSSR count). The molecule has 3 saturated carbocycles. The molecule has 0 aromatic rings. The van der Waals surface area contributed by atoms with Crippen molar-refractivity contribution >= 4 is 0 Å². The summed E-state index contributed by atoms with van der Waals surface area (Å²) in [6.07, 6.45) is 4.66. The number of hydrogen-bond acceptors (Lipinski definition) is 0. The summed E-state index contributed by atoms with van der Waals surface area (Å²) in [4.78, 5) is 0. The minimum atomic E-state index is 0.777. The Morgan fingerprint density at radius 3 is 2.08 bits per heavy atom. The maximum atomic E-state index is 2.56. The van der Waals surface area contributed by atoms with Gasteiger partial charge in [0.05, 0.1) is 0 Å². The molecule has 0 nitrogen and oxygen atoms in total. The summed E-state index contributed by atoms with van der Waals surface area (Å²) in [6, 6.07) is 0. The van der Waals surface area contributed by atoms with E-state index >= 15 is 0 Å². The summed E-state index contributed by atoms with van der Waals surface area (Å²) in [6.45, 7) is 9.82. The van der Waals surface area contributed by atoms with Crippen LogP contribution in [0.25, 0.3) is 0 Å². The van der Waals surface area contributed by atoms with Gasteiger partial charge in [-0.15, -0.1) is 0 Å². The molecule has 0 heterocycles.